The number of nitrogens with zero attached hydrogens (tertiary/aromatic N) is 5. The summed E-state index contributed by atoms with van der Waals surface area (Å²) in [4.78, 5) is 10.8. The summed E-state index contributed by atoms with van der Waals surface area (Å²) in [6.45, 7) is 3.08. The smallest absolute Gasteiger partial charge is 0.254 e. The van der Waals surface area contributed by atoms with Crippen molar-refractivity contribution >= 4 is 27.6 Å². The zero-order chi connectivity index (χ0) is 12.5. The summed E-state index contributed by atoms with van der Waals surface area (Å²) in [5.74, 6) is 1.70. The first-order valence-corrected chi connectivity index (χ1v) is 6.48. The summed E-state index contributed by atoms with van der Waals surface area (Å²) >= 11 is 3.45. The Bertz CT molecular complexity index is 547. The van der Waals surface area contributed by atoms with Crippen LogP contribution in [0, 0.1) is 6.54 Å². The Kier molecular flexibility index (Phi) is 2.91. The molecule has 0 spiro atoms. The summed E-state index contributed by atoms with van der Waals surface area (Å²) in [5.41, 5.74) is 5.92. The second-order valence-corrected chi connectivity index (χ2v) is 4.81. The van der Waals surface area contributed by atoms with Gasteiger partial charge in [-0.2, -0.15) is 15.1 Å². The highest BCUT2D eigenvalue weighted by atomic mass is 79.9. The molecule has 0 aliphatic carbocycles. The molecule has 18 heavy (non-hydrogen) atoms. The van der Waals surface area contributed by atoms with E-state index in [0.717, 1.165) is 29.7 Å². The van der Waals surface area contributed by atoms with E-state index in [1.54, 1.807) is 17.1 Å². The Morgan fingerprint density at radius 2 is 2.22 bits per heavy atom. The number of rotatable bonds is 2. The Hall–Kier alpha value is -1.63. The maximum atomic E-state index is 5.92. The Labute approximate surface area is 113 Å². The van der Waals surface area contributed by atoms with Crippen LogP contribution in [0.2, 0.25) is 0 Å². The lowest BCUT2D eigenvalue weighted by atomic mass is 10.4. The van der Waals surface area contributed by atoms with Crippen molar-refractivity contribution in [1.29, 1.82) is 0 Å². The van der Waals surface area contributed by atoms with Gasteiger partial charge in [-0.25, -0.2) is 4.68 Å². The van der Waals surface area contributed by atoms with Gasteiger partial charge in [0.2, 0.25) is 0 Å². The van der Waals surface area contributed by atoms with E-state index in [0.29, 0.717) is 11.8 Å². The van der Waals surface area contributed by atoms with E-state index in [1.807, 2.05) is 6.07 Å². The van der Waals surface area contributed by atoms with E-state index in [-0.39, 0.29) is 0 Å². The van der Waals surface area contributed by atoms with Crippen molar-refractivity contribution in [1.82, 2.24) is 19.7 Å². The number of aromatic nitrogens is 4. The number of nitrogens with two attached hydrogens (primary N) is 1. The molecule has 3 heterocycles. The maximum Gasteiger partial charge on any atom is 0.254 e. The molecule has 0 aromatic carbocycles. The number of anilines is 2. The van der Waals surface area contributed by atoms with E-state index < -0.39 is 0 Å². The van der Waals surface area contributed by atoms with Gasteiger partial charge in [-0.05, 0) is 34.8 Å². The van der Waals surface area contributed by atoms with Crippen LogP contribution in [0.1, 0.15) is 12.8 Å². The molecule has 0 bridgehead atoms. The molecule has 2 aromatic heterocycles. The van der Waals surface area contributed by atoms with Gasteiger partial charge in [0.05, 0.1) is 6.54 Å². The zero-order valence-corrected chi connectivity index (χ0v) is 11.2. The second kappa shape index (κ2) is 4.56. The van der Waals surface area contributed by atoms with Gasteiger partial charge >= 0.3 is 0 Å². The van der Waals surface area contributed by atoms with E-state index in [9.17, 15) is 0 Å². The molecule has 0 unspecified atom stereocenters. The lowest BCUT2D eigenvalue weighted by Crippen LogP contribution is -2.18. The molecular formula is C11H12BrN6. The first-order chi connectivity index (χ1) is 8.75. The van der Waals surface area contributed by atoms with Crippen molar-refractivity contribution in [3.63, 3.8) is 0 Å². The maximum absolute atomic E-state index is 5.92. The van der Waals surface area contributed by atoms with Crippen molar-refractivity contribution in [3.05, 3.63) is 29.5 Å². The largest absolute Gasteiger partial charge is 0.383 e. The van der Waals surface area contributed by atoms with Gasteiger partial charge in [0, 0.05) is 18.9 Å². The zero-order valence-electron chi connectivity index (χ0n) is 9.62. The molecular weight excluding hydrogens is 296 g/mol. The number of hydrogen-bond acceptors (Lipinski definition) is 5. The van der Waals surface area contributed by atoms with Gasteiger partial charge < -0.3 is 10.6 Å². The highest BCUT2D eigenvalue weighted by molar-refractivity contribution is 9.10. The topological polar surface area (TPSA) is 72.9 Å². The van der Waals surface area contributed by atoms with E-state index in [2.05, 4.69) is 42.4 Å². The summed E-state index contributed by atoms with van der Waals surface area (Å²) in [5, 5.41) is 4.12. The Balaban J connectivity index is 2.07. The molecule has 0 saturated carbocycles. The van der Waals surface area contributed by atoms with Gasteiger partial charge in [0.1, 0.15) is 10.3 Å². The molecule has 1 saturated heterocycles. The third-order valence-corrected chi connectivity index (χ3v) is 3.54. The number of hydrogen-bond donors (Lipinski definition) is 1. The molecule has 3 rings (SSSR count). The van der Waals surface area contributed by atoms with E-state index in [1.165, 1.54) is 0 Å². The summed E-state index contributed by atoms with van der Waals surface area (Å²) in [6, 6.07) is 1.82. The average molecular weight is 308 g/mol. The van der Waals surface area contributed by atoms with E-state index >= 15 is 0 Å². The Morgan fingerprint density at radius 3 is 2.89 bits per heavy atom. The van der Waals surface area contributed by atoms with Crippen LogP contribution < -0.4 is 10.6 Å². The van der Waals surface area contributed by atoms with Crippen LogP contribution in [0.4, 0.5) is 11.6 Å². The normalized spacial score (nSPS) is 15.3. The van der Waals surface area contributed by atoms with Crippen molar-refractivity contribution in [2.75, 3.05) is 17.2 Å². The molecule has 1 fully saturated rings. The predicted octanol–water partition coefficient (Wildman–Crippen LogP) is 1.77. The molecule has 0 atom stereocenters. The molecule has 7 heteroatoms. The number of nitrogen functional groups attached to an aromatic ring is 1. The van der Waals surface area contributed by atoms with E-state index in [4.69, 9.17) is 5.73 Å². The summed E-state index contributed by atoms with van der Waals surface area (Å²) < 4.78 is 2.33. The molecule has 2 aromatic rings. The van der Waals surface area contributed by atoms with Crippen molar-refractivity contribution in [3.8, 4) is 5.95 Å². The quantitative estimate of drug-likeness (QED) is 0.915. The lowest BCUT2D eigenvalue weighted by Gasteiger charge is -2.18. The Morgan fingerprint density at radius 1 is 1.33 bits per heavy atom. The minimum Gasteiger partial charge on any atom is -0.383 e. The fraction of sp³-hybridized carbons (Fsp3) is 0.273. The minimum atomic E-state index is 0.422. The van der Waals surface area contributed by atoms with Crippen LogP contribution in [0.3, 0.4) is 0 Å². The van der Waals surface area contributed by atoms with Gasteiger partial charge in [0.25, 0.3) is 5.95 Å². The van der Waals surface area contributed by atoms with Crippen LogP contribution in [0.5, 0.6) is 0 Å². The molecule has 6 nitrogen and oxygen atoms in total. The van der Waals surface area contributed by atoms with Crippen molar-refractivity contribution < 1.29 is 0 Å². The van der Waals surface area contributed by atoms with Crippen LogP contribution in [-0.4, -0.2) is 26.3 Å². The SMILES string of the molecule is Nc1nc(-n2cccn2)nc(N2[CH]CCC2)c1Br. The molecule has 1 radical (unpaired) electrons. The number of halogens is 1. The van der Waals surface area contributed by atoms with Crippen molar-refractivity contribution in [2.45, 2.75) is 12.8 Å². The van der Waals surface area contributed by atoms with Gasteiger partial charge in [-0.15, -0.1) is 0 Å². The van der Waals surface area contributed by atoms with Gasteiger partial charge in [-0.1, -0.05) is 0 Å². The summed E-state index contributed by atoms with van der Waals surface area (Å²) in [6.07, 6.45) is 5.67. The molecule has 1 aliphatic heterocycles. The average Bonchev–Trinajstić information content (AvgIpc) is 3.03. The molecule has 0 amide bonds. The minimum absolute atomic E-state index is 0.422. The van der Waals surface area contributed by atoms with Crippen LogP contribution in [0.25, 0.3) is 5.95 Å². The highest BCUT2D eigenvalue weighted by Gasteiger charge is 2.20. The molecule has 2 N–H and O–H groups in total. The monoisotopic (exact) mass is 307 g/mol. The molecule has 93 valence electrons. The second-order valence-electron chi connectivity index (χ2n) is 4.02. The molecule has 1 aliphatic rings. The van der Waals surface area contributed by atoms with Gasteiger partial charge in [0.15, 0.2) is 5.82 Å². The third-order valence-electron chi connectivity index (χ3n) is 2.78. The standard InChI is InChI=1S/C11H12BrN6/c12-8-9(13)15-11(18-7-3-4-14-18)16-10(8)17-5-1-2-6-17/h3-5,7H,1-2,6H2,(H2,13,15,16). The fourth-order valence-electron chi connectivity index (χ4n) is 1.91. The first kappa shape index (κ1) is 11.5. The fourth-order valence-corrected chi connectivity index (χ4v) is 2.32. The van der Waals surface area contributed by atoms with Gasteiger partial charge in [-0.3, -0.25) is 0 Å². The third kappa shape index (κ3) is 1.94. The van der Waals surface area contributed by atoms with Crippen molar-refractivity contribution in [2.24, 2.45) is 0 Å². The van der Waals surface area contributed by atoms with Crippen LogP contribution in [0.15, 0.2) is 22.9 Å². The summed E-state index contributed by atoms with van der Waals surface area (Å²) in [7, 11) is 0. The predicted molar refractivity (Wildman–Crippen MR) is 72.1 cm³/mol. The lowest BCUT2D eigenvalue weighted by molar-refractivity contribution is 0.802. The van der Waals surface area contributed by atoms with Crippen LogP contribution >= 0.6 is 15.9 Å². The first-order valence-electron chi connectivity index (χ1n) is 5.69. The van der Waals surface area contributed by atoms with Crippen LogP contribution in [-0.2, 0) is 0 Å². The highest BCUT2D eigenvalue weighted by Crippen LogP contribution is 2.32.